The normalized spacial score (nSPS) is 17.0. The van der Waals surface area contributed by atoms with Crippen LogP contribution in [0.25, 0.3) is 10.9 Å². The second-order valence-corrected chi connectivity index (χ2v) is 9.32. The Morgan fingerprint density at radius 3 is 2.29 bits per heavy atom. The number of anilines is 1. The van der Waals surface area contributed by atoms with Crippen molar-refractivity contribution in [2.75, 3.05) is 18.0 Å². The number of hydrogen-bond acceptors (Lipinski definition) is 3. The smallest absolute Gasteiger partial charge is 0.340 e. The van der Waals surface area contributed by atoms with Crippen LogP contribution in [0.3, 0.4) is 0 Å². The molecule has 1 atom stereocenters. The monoisotopic (exact) mass is 466 g/mol. The second-order valence-electron chi connectivity index (χ2n) is 9.32. The topological polar surface area (TPSA) is 34.5 Å². The van der Waals surface area contributed by atoms with E-state index in [1.807, 2.05) is 18.2 Å². The van der Waals surface area contributed by atoms with E-state index in [0.717, 1.165) is 60.2 Å². The molecule has 180 valence electrons. The molecule has 0 radical (unpaired) electrons. The van der Waals surface area contributed by atoms with Gasteiger partial charge in [0.15, 0.2) is 5.60 Å². The van der Waals surface area contributed by atoms with E-state index in [0.29, 0.717) is 5.56 Å². The first-order valence-electron chi connectivity index (χ1n) is 12.8. The summed E-state index contributed by atoms with van der Waals surface area (Å²) in [7, 11) is 0. The first kappa shape index (κ1) is 23.2. The predicted molar refractivity (Wildman–Crippen MR) is 143 cm³/mol. The first-order valence-corrected chi connectivity index (χ1v) is 12.8. The molecule has 0 spiro atoms. The minimum absolute atomic E-state index is 0.266. The highest BCUT2D eigenvalue weighted by atomic mass is 16.6. The lowest BCUT2D eigenvalue weighted by Gasteiger charge is -2.31. The number of esters is 1. The van der Waals surface area contributed by atoms with Gasteiger partial charge in [-0.2, -0.15) is 0 Å². The summed E-state index contributed by atoms with van der Waals surface area (Å²) in [6.07, 6.45) is 2.22. The third-order valence-electron chi connectivity index (χ3n) is 7.49. The summed E-state index contributed by atoms with van der Waals surface area (Å²) in [5.74, 6) is -0.266. The van der Waals surface area contributed by atoms with Crippen LogP contribution in [0.1, 0.15) is 66.4 Å². The lowest BCUT2D eigenvalue weighted by atomic mass is 9.78. The van der Waals surface area contributed by atoms with Gasteiger partial charge in [0.25, 0.3) is 0 Å². The Morgan fingerprint density at radius 2 is 1.57 bits per heavy atom. The Morgan fingerprint density at radius 1 is 0.886 bits per heavy atom. The number of para-hydroxylation sites is 1. The SMILES string of the molecule is CCCCn1c(C)c(C2(c3ccc(N(CC)CC)cc3)OC(=O)c3ccccc32)c2ccccc21. The van der Waals surface area contributed by atoms with Gasteiger partial charge in [-0.1, -0.05) is 61.9 Å². The Balaban J connectivity index is 1.81. The largest absolute Gasteiger partial charge is 0.440 e. The van der Waals surface area contributed by atoms with Gasteiger partial charge in [0, 0.05) is 58.6 Å². The van der Waals surface area contributed by atoms with Gasteiger partial charge in [-0.25, -0.2) is 4.79 Å². The van der Waals surface area contributed by atoms with Crippen LogP contribution in [-0.2, 0) is 16.9 Å². The Kier molecular flexibility index (Phi) is 6.14. The molecule has 3 aromatic carbocycles. The van der Waals surface area contributed by atoms with Crippen molar-refractivity contribution in [1.82, 2.24) is 4.57 Å². The van der Waals surface area contributed by atoms with Crippen LogP contribution >= 0.6 is 0 Å². The summed E-state index contributed by atoms with van der Waals surface area (Å²) < 4.78 is 8.88. The average molecular weight is 467 g/mol. The summed E-state index contributed by atoms with van der Waals surface area (Å²) in [6.45, 7) is 11.6. The van der Waals surface area contributed by atoms with Crippen LogP contribution in [0.5, 0.6) is 0 Å². The van der Waals surface area contributed by atoms with Crippen LogP contribution < -0.4 is 4.90 Å². The van der Waals surface area contributed by atoms with E-state index in [9.17, 15) is 4.79 Å². The fourth-order valence-electron chi connectivity index (χ4n) is 5.74. The van der Waals surface area contributed by atoms with Gasteiger partial charge >= 0.3 is 5.97 Å². The van der Waals surface area contributed by atoms with Crippen molar-refractivity contribution in [2.24, 2.45) is 0 Å². The Labute approximate surface area is 208 Å². The van der Waals surface area contributed by atoms with Gasteiger partial charge in [0.2, 0.25) is 0 Å². The number of fused-ring (bicyclic) bond motifs is 2. The molecule has 4 heteroatoms. The van der Waals surface area contributed by atoms with Gasteiger partial charge in [0.05, 0.1) is 5.56 Å². The molecule has 0 aliphatic carbocycles. The van der Waals surface area contributed by atoms with E-state index < -0.39 is 5.60 Å². The standard InChI is InChI=1S/C31H34N2O2/c1-5-8-21-33-22(4)29(26-14-10-12-16-28(26)33)31(27-15-11-9-13-25(27)30(34)35-31)23-17-19-24(20-18-23)32(6-2)7-3/h9-20H,5-8,21H2,1-4H3. The number of carbonyl (C=O) groups excluding carboxylic acids is 1. The number of benzene rings is 3. The van der Waals surface area contributed by atoms with Crippen LogP contribution in [0, 0.1) is 6.92 Å². The van der Waals surface area contributed by atoms with Crippen molar-refractivity contribution in [2.45, 2.75) is 52.7 Å². The molecule has 0 fully saturated rings. The van der Waals surface area contributed by atoms with E-state index in [2.05, 4.69) is 91.8 Å². The van der Waals surface area contributed by atoms with Crippen molar-refractivity contribution in [3.05, 3.63) is 101 Å². The number of hydrogen-bond donors (Lipinski definition) is 0. The molecule has 35 heavy (non-hydrogen) atoms. The molecule has 2 heterocycles. The van der Waals surface area contributed by atoms with Gasteiger partial charge in [0.1, 0.15) is 0 Å². The molecule has 0 N–H and O–H groups in total. The first-order chi connectivity index (χ1) is 17.1. The lowest BCUT2D eigenvalue weighted by molar-refractivity contribution is 0.0253. The minimum atomic E-state index is -0.989. The van der Waals surface area contributed by atoms with Crippen LogP contribution in [0.2, 0.25) is 0 Å². The fraction of sp³-hybridized carbons (Fsp3) is 0.323. The molecule has 0 bridgehead atoms. The summed E-state index contributed by atoms with van der Waals surface area (Å²) in [5.41, 5.74) is 6.13. The zero-order valence-corrected chi connectivity index (χ0v) is 21.2. The maximum absolute atomic E-state index is 13.3. The zero-order chi connectivity index (χ0) is 24.6. The summed E-state index contributed by atoms with van der Waals surface area (Å²) in [4.78, 5) is 15.6. The second kappa shape index (κ2) is 9.26. The average Bonchev–Trinajstić information content (AvgIpc) is 3.35. The van der Waals surface area contributed by atoms with E-state index >= 15 is 0 Å². The van der Waals surface area contributed by atoms with E-state index in [-0.39, 0.29) is 5.97 Å². The molecule has 5 rings (SSSR count). The molecule has 1 aromatic heterocycles. The third kappa shape index (κ3) is 3.54. The number of unbranched alkanes of at least 4 members (excludes halogenated alkanes) is 1. The quantitative estimate of drug-likeness (QED) is 0.261. The van der Waals surface area contributed by atoms with Crippen molar-refractivity contribution < 1.29 is 9.53 Å². The van der Waals surface area contributed by atoms with E-state index in [1.54, 1.807) is 0 Å². The molecule has 0 amide bonds. The lowest BCUT2D eigenvalue weighted by Crippen LogP contribution is -2.30. The minimum Gasteiger partial charge on any atom is -0.440 e. The number of rotatable bonds is 8. The fourth-order valence-corrected chi connectivity index (χ4v) is 5.74. The summed E-state index contributed by atoms with van der Waals surface area (Å²) >= 11 is 0. The summed E-state index contributed by atoms with van der Waals surface area (Å²) in [5, 5.41) is 1.14. The number of nitrogens with zero attached hydrogens (tertiary/aromatic N) is 2. The van der Waals surface area contributed by atoms with Gasteiger partial charge in [-0.15, -0.1) is 0 Å². The molecule has 0 saturated carbocycles. The molecule has 1 aliphatic rings. The number of aryl methyl sites for hydroxylation is 1. The van der Waals surface area contributed by atoms with Crippen molar-refractivity contribution in [3.63, 3.8) is 0 Å². The molecular formula is C31H34N2O2. The van der Waals surface area contributed by atoms with Crippen molar-refractivity contribution in [3.8, 4) is 0 Å². The Bertz CT molecular complexity index is 1360. The van der Waals surface area contributed by atoms with Crippen LogP contribution in [-0.4, -0.2) is 23.6 Å². The molecule has 0 saturated heterocycles. The number of aromatic nitrogens is 1. The molecule has 1 unspecified atom stereocenters. The highest BCUT2D eigenvalue weighted by Crippen LogP contribution is 2.51. The van der Waals surface area contributed by atoms with Crippen LogP contribution in [0.15, 0.2) is 72.8 Å². The summed E-state index contributed by atoms with van der Waals surface area (Å²) in [6, 6.07) is 25.0. The van der Waals surface area contributed by atoms with Gasteiger partial charge in [-0.3, -0.25) is 0 Å². The number of ether oxygens (including phenoxy) is 1. The van der Waals surface area contributed by atoms with Crippen molar-refractivity contribution in [1.29, 1.82) is 0 Å². The molecule has 1 aliphatic heterocycles. The number of carbonyl (C=O) groups is 1. The third-order valence-corrected chi connectivity index (χ3v) is 7.49. The highest BCUT2D eigenvalue weighted by molar-refractivity contribution is 5.98. The Hall–Kier alpha value is -3.53. The van der Waals surface area contributed by atoms with Gasteiger partial charge < -0.3 is 14.2 Å². The molecule has 4 aromatic rings. The maximum Gasteiger partial charge on any atom is 0.340 e. The molecular weight excluding hydrogens is 432 g/mol. The maximum atomic E-state index is 13.3. The van der Waals surface area contributed by atoms with E-state index in [4.69, 9.17) is 4.74 Å². The number of cyclic esters (lactones) is 1. The van der Waals surface area contributed by atoms with E-state index in [1.165, 1.54) is 11.2 Å². The molecule has 4 nitrogen and oxygen atoms in total. The van der Waals surface area contributed by atoms with Gasteiger partial charge in [-0.05, 0) is 51.5 Å². The van der Waals surface area contributed by atoms with Crippen LogP contribution in [0.4, 0.5) is 5.69 Å². The zero-order valence-electron chi connectivity index (χ0n) is 21.2. The predicted octanol–water partition coefficient (Wildman–Crippen LogP) is 7.06. The highest BCUT2D eigenvalue weighted by Gasteiger charge is 2.50. The van der Waals surface area contributed by atoms with Crippen molar-refractivity contribution >= 4 is 22.6 Å².